The smallest absolute Gasteiger partial charge is 0.545 e. The molecule has 19 heavy (non-hydrogen) atoms. The molecule has 0 radical (unpaired) electrons. The maximum Gasteiger partial charge on any atom is 2.00 e. The summed E-state index contributed by atoms with van der Waals surface area (Å²) in [7, 11) is 0. The van der Waals surface area contributed by atoms with Crippen LogP contribution >= 0.6 is 0 Å². The maximum absolute atomic E-state index is 11.0. The van der Waals surface area contributed by atoms with Gasteiger partial charge in [-0.2, -0.15) is 0 Å². The third-order valence-electron chi connectivity index (χ3n) is 2.58. The van der Waals surface area contributed by atoms with Crippen LogP contribution in [0.1, 0.15) is 20.7 Å². The molecule has 2 rings (SSSR count). The van der Waals surface area contributed by atoms with Gasteiger partial charge in [0.1, 0.15) is 0 Å². The Bertz CT molecular complexity index is 567. The topological polar surface area (TPSA) is 80.3 Å². The fourth-order valence-electron chi connectivity index (χ4n) is 1.79. The monoisotopic (exact) mass is 264 g/mol. The summed E-state index contributed by atoms with van der Waals surface area (Å²) < 4.78 is 0. The van der Waals surface area contributed by atoms with Crippen molar-refractivity contribution in [3.8, 4) is 11.1 Å². The number of benzene rings is 2. The molecule has 0 spiro atoms. The largest absolute Gasteiger partial charge is 2.00 e. The molecule has 2 aromatic carbocycles. The molecule has 0 saturated heterocycles. The van der Waals surface area contributed by atoms with E-state index < -0.39 is 11.9 Å². The quantitative estimate of drug-likeness (QED) is 0.713. The van der Waals surface area contributed by atoms with Gasteiger partial charge in [-0.3, -0.25) is 0 Å². The van der Waals surface area contributed by atoms with Gasteiger partial charge in [0.15, 0.2) is 0 Å². The molecule has 0 heterocycles. The fraction of sp³-hybridized carbons (Fsp3) is 0. The van der Waals surface area contributed by atoms with Crippen LogP contribution in [0.15, 0.2) is 48.5 Å². The molecule has 90 valence electrons. The van der Waals surface area contributed by atoms with E-state index in [1.54, 1.807) is 24.3 Å². The van der Waals surface area contributed by atoms with Gasteiger partial charge in [0.25, 0.3) is 0 Å². The van der Waals surface area contributed by atoms with Gasteiger partial charge in [-0.05, 0) is 11.1 Å². The van der Waals surface area contributed by atoms with Crippen LogP contribution in [0.25, 0.3) is 11.1 Å². The summed E-state index contributed by atoms with van der Waals surface area (Å²) in [4.78, 5) is 22.0. The summed E-state index contributed by atoms with van der Waals surface area (Å²) in [5.41, 5.74) is 0.506. The number of aromatic carboxylic acids is 2. The molecule has 2 aromatic rings. The Labute approximate surface area is 125 Å². The fourth-order valence-corrected chi connectivity index (χ4v) is 1.79. The first-order valence-corrected chi connectivity index (χ1v) is 5.22. The Morgan fingerprint density at radius 2 is 1.00 bits per heavy atom. The predicted octanol–water partition coefficient (Wildman–Crippen LogP) is -0.300. The zero-order valence-electron chi connectivity index (χ0n) is 9.96. The van der Waals surface area contributed by atoms with Crippen LogP contribution in [-0.4, -0.2) is 35.0 Å². The third-order valence-corrected chi connectivity index (χ3v) is 2.58. The van der Waals surface area contributed by atoms with E-state index in [0.717, 1.165) is 0 Å². The van der Waals surface area contributed by atoms with E-state index in [2.05, 4.69) is 0 Å². The normalized spacial score (nSPS) is 9.47. The molecule has 0 atom stereocenters. The van der Waals surface area contributed by atoms with Crippen LogP contribution < -0.4 is 10.2 Å². The molecule has 0 unspecified atom stereocenters. The van der Waals surface area contributed by atoms with E-state index in [4.69, 9.17) is 0 Å². The Morgan fingerprint density at radius 3 is 1.32 bits per heavy atom. The van der Waals surface area contributed by atoms with Crippen molar-refractivity contribution >= 4 is 35.0 Å². The number of carboxylic acid groups (broad SMARTS) is 2. The molecule has 0 bridgehead atoms. The maximum atomic E-state index is 11.0. The zero-order valence-corrected chi connectivity index (χ0v) is 11.4. The van der Waals surface area contributed by atoms with Gasteiger partial charge in [-0.15, -0.1) is 0 Å². The minimum Gasteiger partial charge on any atom is -0.545 e. The summed E-state index contributed by atoms with van der Waals surface area (Å²) in [6.45, 7) is 0. The Hall–Kier alpha value is -1.85. The molecule has 0 aromatic heterocycles. The molecular formula is C14H8MgO4. The van der Waals surface area contributed by atoms with Crippen LogP contribution in [0.4, 0.5) is 0 Å². The molecule has 4 nitrogen and oxygen atoms in total. The van der Waals surface area contributed by atoms with Gasteiger partial charge < -0.3 is 19.8 Å². The molecule has 0 amide bonds. The zero-order chi connectivity index (χ0) is 13.1. The second kappa shape index (κ2) is 6.35. The van der Waals surface area contributed by atoms with Crippen molar-refractivity contribution in [2.45, 2.75) is 0 Å². The van der Waals surface area contributed by atoms with Crippen molar-refractivity contribution in [1.29, 1.82) is 0 Å². The summed E-state index contributed by atoms with van der Waals surface area (Å²) in [5.74, 6) is -2.70. The minimum atomic E-state index is -1.35. The number of hydrogen-bond acceptors (Lipinski definition) is 4. The van der Waals surface area contributed by atoms with Crippen LogP contribution in [-0.2, 0) is 0 Å². The van der Waals surface area contributed by atoms with Gasteiger partial charge in [0.2, 0.25) is 0 Å². The van der Waals surface area contributed by atoms with Crippen molar-refractivity contribution in [1.82, 2.24) is 0 Å². The van der Waals surface area contributed by atoms with E-state index in [9.17, 15) is 19.8 Å². The number of carbonyl (C=O) groups is 2. The molecule has 0 aliphatic heterocycles. The molecule has 0 N–H and O–H groups in total. The van der Waals surface area contributed by atoms with E-state index in [0.29, 0.717) is 11.1 Å². The van der Waals surface area contributed by atoms with Crippen LogP contribution in [0.3, 0.4) is 0 Å². The summed E-state index contributed by atoms with van der Waals surface area (Å²) in [6.07, 6.45) is 0. The first-order valence-electron chi connectivity index (χ1n) is 5.22. The van der Waals surface area contributed by atoms with Crippen molar-refractivity contribution < 1.29 is 19.8 Å². The van der Waals surface area contributed by atoms with Crippen molar-refractivity contribution in [2.24, 2.45) is 0 Å². The second-order valence-corrected chi connectivity index (χ2v) is 3.67. The molecule has 5 heteroatoms. The molecule has 0 fully saturated rings. The Morgan fingerprint density at radius 1 is 0.684 bits per heavy atom. The van der Waals surface area contributed by atoms with E-state index in [-0.39, 0.29) is 34.2 Å². The summed E-state index contributed by atoms with van der Waals surface area (Å²) in [5, 5.41) is 22.0. The third kappa shape index (κ3) is 3.13. The number of carbonyl (C=O) groups excluding carboxylic acids is 2. The Kier molecular flexibility index (Phi) is 5.08. The van der Waals surface area contributed by atoms with Crippen LogP contribution in [0, 0.1) is 0 Å². The SMILES string of the molecule is O=C([O-])c1ccccc1-c1ccccc1C(=O)[O-].[Mg+2]. The van der Waals surface area contributed by atoms with Crippen LogP contribution in [0.2, 0.25) is 0 Å². The van der Waals surface area contributed by atoms with E-state index in [1.165, 1.54) is 24.3 Å². The van der Waals surface area contributed by atoms with Gasteiger partial charge in [-0.25, -0.2) is 0 Å². The van der Waals surface area contributed by atoms with Crippen LogP contribution in [0.5, 0.6) is 0 Å². The number of rotatable bonds is 3. The standard InChI is InChI=1S/C14H10O4.Mg/c15-13(16)11-7-3-1-5-9(11)10-6-2-4-8-12(10)14(17)18;/h1-8H,(H,15,16)(H,17,18);/q;+2/p-2. The minimum absolute atomic E-state index is 0. The summed E-state index contributed by atoms with van der Waals surface area (Å²) >= 11 is 0. The van der Waals surface area contributed by atoms with Gasteiger partial charge in [0, 0.05) is 11.1 Å². The van der Waals surface area contributed by atoms with E-state index in [1.807, 2.05) is 0 Å². The molecule has 0 aliphatic rings. The van der Waals surface area contributed by atoms with Gasteiger partial charge in [0.05, 0.1) is 11.9 Å². The Balaban J connectivity index is 0.00000180. The number of carboxylic acids is 2. The molecule has 0 saturated carbocycles. The first kappa shape index (κ1) is 15.2. The van der Waals surface area contributed by atoms with Crippen molar-refractivity contribution in [3.05, 3.63) is 59.7 Å². The molecule has 0 aliphatic carbocycles. The van der Waals surface area contributed by atoms with E-state index >= 15 is 0 Å². The van der Waals surface area contributed by atoms with Crippen molar-refractivity contribution in [3.63, 3.8) is 0 Å². The summed E-state index contributed by atoms with van der Waals surface area (Å²) in [6, 6.07) is 12.2. The second-order valence-electron chi connectivity index (χ2n) is 3.67. The predicted molar refractivity (Wildman–Crippen MR) is 66.3 cm³/mol. The first-order chi connectivity index (χ1) is 8.61. The number of hydrogen-bond donors (Lipinski definition) is 0. The average molecular weight is 265 g/mol. The molecular weight excluding hydrogens is 256 g/mol. The van der Waals surface area contributed by atoms with Crippen molar-refractivity contribution in [2.75, 3.05) is 0 Å². The van der Waals surface area contributed by atoms with Gasteiger partial charge >= 0.3 is 23.1 Å². The average Bonchev–Trinajstić information content (AvgIpc) is 2.38. The van der Waals surface area contributed by atoms with Gasteiger partial charge in [-0.1, -0.05) is 48.5 Å².